The van der Waals surface area contributed by atoms with Gasteiger partial charge in [-0.1, -0.05) is 37.3 Å². The average molecular weight is 502 g/mol. The van der Waals surface area contributed by atoms with Crippen LogP contribution in [0.2, 0.25) is 0 Å². The molecule has 0 spiro atoms. The van der Waals surface area contributed by atoms with E-state index in [4.69, 9.17) is 5.73 Å². The molecule has 0 saturated carbocycles. The zero-order chi connectivity index (χ0) is 10.1. The second-order valence-corrected chi connectivity index (χ2v) is 19.5. The molecule has 0 aliphatic carbocycles. The van der Waals surface area contributed by atoms with E-state index in [1.165, 1.54) is 5.56 Å². The van der Waals surface area contributed by atoms with Crippen molar-refractivity contribution >= 4 is 43.4 Å². The molecule has 0 heterocycles. The van der Waals surface area contributed by atoms with Gasteiger partial charge >= 0.3 is 43.4 Å². The molecule has 13 heavy (non-hydrogen) atoms. The Morgan fingerprint density at radius 2 is 1.77 bits per heavy atom. The van der Waals surface area contributed by atoms with Gasteiger partial charge in [0.05, 0.1) is 0 Å². The SMILES string of the molecule is CC(CN)c1ccccc1.[Br][Pb][Br]. The minimum absolute atomic E-state index is 0.292. The van der Waals surface area contributed by atoms with Gasteiger partial charge in [0.2, 0.25) is 0 Å². The van der Waals surface area contributed by atoms with Gasteiger partial charge in [-0.3, -0.25) is 0 Å². The predicted octanol–water partition coefficient (Wildman–Crippen LogP) is 3.06. The molecule has 72 valence electrons. The van der Waals surface area contributed by atoms with E-state index in [9.17, 15) is 0 Å². The molecule has 0 bridgehead atoms. The fourth-order valence-electron chi connectivity index (χ4n) is 0.918. The number of hydrogen-bond donors (Lipinski definition) is 1. The van der Waals surface area contributed by atoms with Crippen LogP contribution in [0.1, 0.15) is 18.4 Å². The van der Waals surface area contributed by atoms with E-state index in [1.807, 2.05) is 18.2 Å². The number of halogens is 2. The summed E-state index contributed by atoms with van der Waals surface area (Å²) in [6.07, 6.45) is 0. The molecule has 1 nitrogen and oxygen atoms in total. The minimum atomic E-state index is -0.292. The Morgan fingerprint density at radius 3 is 2.15 bits per heavy atom. The molecule has 0 aromatic heterocycles. The van der Waals surface area contributed by atoms with E-state index in [2.05, 4.69) is 43.0 Å². The van der Waals surface area contributed by atoms with Gasteiger partial charge in [0.15, 0.2) is 0 Å². The number of rotatable bonds is 2. The van der Waals surface area contributed by atoms with Gasteiger partial charge in [0.1, 0.15) is 0 Å². The summed E-state index contributed by atoms with van der Waals surface area (Å²) >= 11 is 6.22. The molecule has 0 fully saturated rings. The quantitative estimate of drug-likeness (QED) is 0.619. The van der Waals surface area contributed by atoms with E-state index in [0.717, 1.165) is 6.54 Å². The number of nitrogens with two attached hydrogens (primary N) is 1. The van der Waals surface area contributed by atoms with Crippen molar-refractivity contribution in [2.24, 2.45) is 5.73 Å². The molecule has 2 radical (unpaired) electrons. The molecular weight excluding hydrogens is 489 g/mol. The van der Waals surface area contributed by atoms with Crippen LogP contribution in [-0.2, 0) is 0 Å². The van der Waals surface area contributed by atoms with Crippen LogP contribution in [0, 0.1) is 0 Å². The molecule has 0 amide bonds. The van der Waals surface area contributed by atoms with Crippen molar-refractivity contribution in [3.05, 3.63) is 35.9 Å². The molecule has 1 unspecified atom stereocenters. The average Bonchev–Trinajstić information content (AvgIpc) is 2.19. The third-order valence-corrected chi connectivity index (χ3v) is 1.72. The Hall–Kier alpha value is 1.06. The molecule has 1 atom stereocenters. The van der Waals surface area contributed by atoms with E-state index in [1.54, 1.807) is 0 Å². The first-order chi connectivity index (χ1) is 6.26. The van der Waals surface area contributed by atoms with Crippen LogP contribution >= 0.6 is 24.0 Å². The topological polar surface area (TPSA) is 26.0 Å². The van der Waals surface area contributed by atoms with E-state index in [0.29, 0.717) is 5.92 Å². The first-order valence-electron chi connectivity index (χ1n) is 3.97. The van der Waals surface area contributed by atoms with Crippen molar-refractivity contribution in [3.8, 4) is 0 Å². The fraction of sp³-hybridized carbons (Fsp3) is 0.333. The van der Waals surface area contributed by atoms with Gasteiger partial charge < -0.3 is 5.73 Å². The van der Waals surface area contributed by atoms with Gasteiger partial charge in [-0.05, 0) is 18.0 Å². The maximum absolute atomic E-state index is 5.50. The Morgan fingerprint density at radius 1 is 1.31 bits per heavy atom. The van der Waals surface area contributed by atoms with Crippen LogP contribution in [0.25, 0.3) is 0 Å². The Bertz CT molecular complexity index is 206. The van der Waals surface area contributed by atoms with Crippen LogP contribution in [0.3, 0.4) is 0 Å². The van der Waals surface area contributed by atoms with Gasteiger partial charge in [-0.2, -0.15) is 0 Å². The second-order valence-electron chi connectivity index (χ2n) is 2.62. The first-order valence-corrected chi connectivity index (χ1v) is 20.8. The van der Waals surface area contributed by atoms with E-state index < -0.39 is 0 Å². The zero-order valence-corrected chi connectivity index (χ0v) is 14.6. The molecule has 1 aromatic carbocycles. The van der Waals surface area contributed by atoms with Crippen molar-refractivity contribution < 1.29 is 0 Å². The van der Waals surface area contributed by atoms with Crippen LogP contribution < -0.4 is 5.73 Å². The van der Waals surface area contributed by atoms with Crippen molar-refractivity contribution in [2.45, 2.75) is 12.8 Å². The molecule has 0 aliphatic heterocycles. The zero-order valence-electron chi connectivity index (χ0n) is 7.50. The first kappa shape index (κ1) is 14.1. The van der Waals surface area contributed by atoms with Crippen molar-refractivity contribution in [1.29, 1.82) is 0 Å². The molecule has 1 rings (SSSR count). The standard InChI is InChI=1S/C9H13N.2BrH.Pb/c1-8(7-10)9-5-3-2-4-6-9;;;/h2-6,8H,7,10H2,1H3;2*1H;/q;;;+2/p-2. The molecule has 4 heteroatoms. The summed E-state index contributed by atoms with van der Waals surface area (Å²) in [6, 6.07) is 10.3. The van der Waals surface area contributed by atoms with Crippen molar-refractivity contribution in [1.82, 2.24) is 0 Å². The van der Waals surface area contributed by atoms with Crippen molar-refractivity contribution in [3.63, 3.8) is 0 Å². The molecule has 1 aromatic rings. The van der Waals surface area contributed by atoms with Crippen molar-refractivity contribution in [2.75, 3.05) is 6.54 Å². The van der Waals surface area contributed by atoms with Gasteiger partial charge in [-0.25, -0.2) is 0 Å². The van der Waals surface area contributed by atoms with Gasteiger partial charge in [0.25, 0.3) is 0 Å². The summed E-state index contributed by atoms with van der Waals surface area (Å²) in [5.74, 6) is 0.487. The van der Waals surface area contributed by atoms with E-state index in [-0.39, 0.29) is 19.4 Å². The van der Waals surface area contributed by atoms with Crippen LogP contribution in [0.15, 0.2) is 30.3 Å². The second kappa shape index (κ2) is 9.61. The Kier molecular flexibility index (Phi) is 10.4. The van der Waals surface area contributed by atoms with Gasteiger partial charge in [-0.15, -0.1) is 0 Å². The molecular formula is C9H13Br2NPb. The Balaban J connectivity index is 0.000000424. The molecule has 0 aliphatic rings. The number of hydrogen-bond acceptors (Lipinski definition) is 1. The predicted molar refractivity (Wildman–Crippen MR) is 67.5 cm³/mol. The summed E-state index contributed by atoms with van der Waals surface area (Å²) in [4.78, 5) is 0. The third kappa shape index (κ3) is 7.05. The summed E-state index contributed by atoms with van der Waals surface area (Å²) < 4.78 is 0. The third-order valence-electron chi connectivity index (χ3n) is 1.72. The monoisotopic (exact) mass is 501 g/mol. The summed E-state index contributed by atoms with van der Waals surface area (Å²) in [6.45, 7) is 2.86. The van der Waals surface area contributed by atoms with Crippen LogP contribution in [0.5, 0.6) is 0 Å². The molecule has 0 saturated heterocycles. The van der Waals surface area contributed by atoms with E-state index >= 15 is 0 Å². The number of benzene rings is 1. The van der Waals surface area contributed by atoms with Crippen LogP contribution in [0.4, 0.5) is 0 Å². The Labute approximate surface area is 103 Å². The molecule has 2 N–H and O–H groups in total. The summed E-state index contributed by atoms with van der Waals surface area (Å²) in [5.41, 5.74) is 6.83. The summed E-state index contributed by atoms with van der Waals surface area (Å²) in [5, 5.41) is 0. The summed E-state index contributed by atoms with van der Waals surface area (Å²) in [7, 11) is 0. The maximum atomic E-state index is 5.50. The fourth-order valence-corrected chi connectivity index (χ4v) is 0.918. The van der Waals surface area contributed by atoms with Crippen LogP contribution in [-0.4, -0.2) is 26.0 Å². The normalized spacial score (nSPS) is 11.4. The van der Waals surface area contributed by atoms with Gasteiger partial charge in [0, 0.05) is 0 Å².